The summed E-state index contributed by atoms with van der Waals surface area (Å²) in [6.07, 6.45) is 1.35. The van der Waals surface area contributed by atoms with Crippen LogP contribution in [-0.4, -0.2) is 41.7 Å². The number of urea groups is 1. The molecule has 0 atom stereocenters. The van der Waals surface area contributed by atoms with Crippen LogP contribution in [0.3, 0.4) is 0 Å². The van der Waals surface area contributed by atoms with Crippen molar-refractivity contribution >= 4 is 51.6 Å². The van der Waals surface area contributed by atoms with E-state index in [-0.39, 0.29) is 5.57 Å². The van der Waals surface area contributed by atoms with E-state index in [1.165, 1.54) is 31.9 Å². The highest BCUT2D eigenvalue weighted by molar-refractivity contribution is 9.10. The minimum Gasteiger partial charge on any atom is -0.449 e. The standard InChI is InChI=1S/C17H13BrN2O4S/c1-19-14(21)12(15(22)20(2)17(19)23)8-10-9-13(18)16(24-10)25-11-6-4-3-5-7-11/h3-9H,1-2H3. The quantitative estimate of drug-likeness (QED) is 0.559. The summed E-state index contributed by atoms with van der Waals surface area (Å²) in [5.74, 6) is -0.964. The van der Waals surface area contributed by atoms with Crippen molar-refractivity contribution in [2.75, 3.05) is 14.1 Å². The molecular weight excluding hydrogens is 408 g/mol. The van der Waals surface area contributed by atoms with Gasteiger partial charge in [-0.25, -0.2) is 4.79 Å². The molecule has 3 rings (SSSR count). The molecule has 1 saturated heterocycles. The first-order valence-electron chi connectivity index (χ1n) is 7.22. The van der Waals surface area contributed by atoms with Gasteiger partial charge in [-0.05, 0) is 40.2 Å². The molecule has 6 nitrogen and oxygen atoms in total. The molecule has 2 aromatic rings. The molecular formula is C17H13BrN2O4S. The van der Waals surface area contributed by atoms with Crippen molar-refractivity contribution in [1.82, 2.24) is 9.80 Å². The fraction of sp³-hybridized carbons (Fsp3) is 0.118. The van der Waals surface area contributed by atoms with Gasteiger partial charge in [0.25, 0.3) is 11.8 Å². The van der Waals surface area contributed by atoms with Crippen LogP contribution in [0.5, 0.6) is 0 Å². The fourth-order valence-corrected chi connectivity index (χ4v) is 3.57. The van der Waals surface area contributed by atoms with Crippen molar-refractivity contribution in [2.45, 2.75) is 9.99 Å². The first-order valence-corrected chi connectivity index (χ1v) is 8.83. The summed E-state index contributed by atoms with van der Waals surface area (Å²) in [7, 11) is 2.66. The first kappa shape index (κ1) is 17.5. The van der Waals surface area contributed by atoms with E-state index in [1.807, 2.05) is 30.3 Å². The summed E-state index contributed by atoms with van der Waals surface area (Å²) in [5, 5.41) is 0.603. The van der Waals surface area contributed by atoms with Gasteiger partial charge in [0.1, 0.15) is 11.3 Å². The predicted molar refractivity (Wildman–Crippen MR) is 95.9 cm³/mol. The number of carbonyl (C=O) groups is 3. The Morgan fingerprint density at radius 2 is 1.64 bits per heavy atom. The van der Waals surface area contributed by atoms with Crippen molar-refractivity contribution in [1.29, 1.82) is 0 Å². The lowest BCUT2D eigenvalue weighted by Gasteiger charge is -2.28. The number of benzene rings is 1. The number of nitrogens with zero attached hydrogens (tertiary/aromatic N) is 2. The molecule has 0 saturated carbocycles. The van der Waals surface area contributed by atoms with Crippen LogP contribution in [0.2, 0.25) is 0 Å². The van der Waals surface area contributed by atoms with Gasteiger partial charge in [0.15, 0.2) is 5.09 Å². The molecule has 8 heteroatoms. The van der Waals surface area contributed by atoms with Crippen LogP contribution in [0.1, 0.15) is 5.76 Å². The van der Waals surface area contributed by atoms with Crippen LogP contribution in [0, 0.1) is 0 Å². The number of halogens is 1. The maximum Gasteiger partial charge on any atom is 0.333 e. The van der Waals surface area contributed by atoms with Crippen molar-refractivity contribution in [3.63, 3.8) is 0 Å². The third kappa shape index (κ3) is 3.40. The van der Waals surface area contributed by atoms with Gasteiger partial charge in [-0.2, -0.15) is 0 Å². The van der Waals surface area contributed by atoms with Crippen molar-refractivity contribution in [2.24, 2.45) is 0 Å². The lowest BCUT2D eigenvalue weighted by Crippen LogP contribution is -2.52. The monoisotopic (exact) mass is 420 g/mol. The number of imide groups is 2. The Bertz CT molecular complexity index is 865. The topological polar surface area (TPSA) is 70.8 Å². The average Bonchev–Trinajstić information content (AvgIpc) is 2.95. The molecule has 1 aliphatic rings. The second kappa shape index (κ2) is 6.89. The Balaban J connectivity index is 1.91. The maximum absolute atomic E-state index is 12.2. The Labute approximate surface area is 156 Å². The molecule has 0 bridgehead atoms. The molecule has 0 spiro atoms. The number of furan rings is 1. The van der Waals surface area contributed by atoms with Crippen LogP contribution < -0.4 is 0 Å². The lowest BCUT2D eigenvalue weighted by atomic mass is 10.1. The summed E-state index contributed by atoms with van der Waals surface area (Å²) in [4.78, 5) is 39.0. The zero-order chi connectivity index (χ0) is 18.1. The van der Waals surface area contributed by atoms with E-state index in [4.69, 9.17) is 4.42 Å². The van der Waals surface area contributed by atoms with Gasteiger partial charge in [0, 0.05) is 19.0 Å². The van der Waals surface area contributed by atoms with Crippen molar-refractivity contribution in [3.05, 3.63) is 52.2 Å². The van der Waals surface area contributed by atoms with Gasteiger partial charge < -0.3 is 4.42 Å². The minimum absolute atomic E-state index is 0.123. The third-order valence-corrected chi connectivity index (χ3v) is 5.41. The van der Waals surface area contributed by atoms with Gasteiger partial charge in [-0.1, -0.05) is 30.0 Å². The van der Waals surface area contributed by atoms with Gasteiger partial charge in [0.05, 0.1) is 4.47 Å². The molecule has 2 heterocycles. The van der Waals surface area contributed by atoms with Crippen LogP contribution in [0.4, 0.5) is 4.79 Å². The van der Waals surface area contributed by atoms with E-state index in [9.17, 15) is 14.4 Å². The average molecular weight is 421 g/mol. The summed E-state index contributed by atoms with van der Waals surface area (Å²) in [6.45, 7) is 0. The van der Waals surface area contributed by atoms with E-state index in [0.717, 1.165) is 14.7 Å². The van der Waals surface area contributed by atoms with Gasteiger partial charge in [-0.3, -0.25) is 19.4 Å². The van der Waals surface area contributed by atoms with Crippen molar-refractivity contribution in [3.8, 4) is 0 Å². The number of hydrogen-bond acceptors (Lipinski definition) is 5. The zero-order valence-electron chi connectivity index (χ0n) is 13.4. The number of likely N-dealkylation sites (N-methyl/N-ethyl adjacent to an activating group) is 2. The first-order chi connectivity index (χ1) is 11.9. The van der Waals surface area contributed by atoms with Crippen LogP contribution in [-0.2, 0) is 9.59 Å². The molecule has 1 aliphatic heterocycles. The fourth-order valence-electron chi connectivity index (χ4n) is 2.22. The van der Waals surface area contributed by atoms with E-state index in [0.29, 0.717) is 15.3 Å². The van der Waals surface area contributed by atoms with E-state index >= 15 is 0 Å². The molecule has 25 heavy (non-hydrogen) atoms. The summed E-state index contributed by atoms with van der Waals surface area (Å²) >= 11 is 4.83. The van der Waals surface area contributed by atoms with Gasteiger partial charge in [-0.15, -0.1) is 0 Å². The van der Waals surface area contributed by atoms with Crippen LogP contribution >= 0.6 is 27.7 Å². The summed E-state index contributed by atoms with van der Waals surface area (Å²) in [6, 6.07) is 10.7. The van der Waals surface area contributed by atoms with Crippen LogP contribution in [0.15, 0.2) is 60.8 Å². The molecule has 0 N–H and O–H groups in total. The molecule has 1 aromatic carbocycles. The molecule has 0 radical (unpaired) electrons. The minimum atomic E-state index is -0.659. The molecule has 0 unspecified atom stereocenters. The molecule has 1 fully saturated rings. The van der Waals surface area contributed by atoms with E-state index in [1.54, 1.807) is 6.07 Å². The number of amides is 4. The zero-order valence-corrected chi connectivity index (χ0v) is 15.8. The number of carbonyl (C=O) groups excluding carboxylic acids is 3. The Kier molecular flexibility index (Phi) is 4.82. The predicted octanol–water partition coefficient (Wildman–Crippen LogP) is 3.63. The number of hydrogen-bond donors (Lipinski definition) is 0. The van der Waals surface area contributed by atoms with Gasteiger partial charge in [0.2, 0.25) is 0 Å². The summed E-state index contributed by atoms with van der Waals surface area (Å²) in [5.41, 5.74) is -0.123. The second-order valence-corrected chi connectivity index (χ2v) is 7.17. The second-order valence-electron chi connectivity index (χ2n) is 5.27. The number of rotatable bonds is 3. The Hall–Kier alpha value is -2.32. The third-order valence-electron chi connectivity index (χ3n) is 3.56. The number of barbiturate groups is 1. The molecule has 4 amide bonds. The Morgan fingerprint density at radius 3 is 2.24 bits per heavy atom. The lowest BCUT2D eigenvalue weighted by molar-refractivity contribution is -0.134. The molecule has 128 valence electrons. The maximum atomic E-state index is 12.2. The van der Waals surface area contributed by atoms with E-state index in [2.05, 4.69) is 15.9 Å². The Morgan fingerprint density at radius 1 is 1.04 bits per heavy atom. The van der Waals surface area contributed by atoms with Crippen LogP contribution in [0.25, 0.3) is 6.08 Å². The summed E-state index contributed by atoms with van der Waals surface area (Å²) < 4.78 is 6.44. The van der Waals surface area contributed by atoms with E-state index < -0.39 is 17.8 Å². The highest BCUT2D eigenvalue weighted by atomic mass is 79.9. The van der Waals surface area contributed by atoms with Crippen molar-refractivity contribution < 1.29 is 18.8 Å². The normalized spacial score (nSPS) is 15.2. The van der Waals surface area contributed by atoms with Gasteiger partial charge >= 0.3 is 6.03 Å². The SMILES string of the molecule is CN1C(=O)C(=Cc2cc(Br)c(Sc3ccccc3)o2)C(=O)N(C)C1=O. The molecule has 1 aromatic heterocycles. The largest absolute Gasteiger partial charge is 0.449 e. The molecule has 0 aliphatic carbocycles. The highest BCUT2D eigenvalue weighted by Crippen LogP contribution is 2.36. The smallest absolute Gasteiger partial charge is 0.333 e. The highest BCUT2D eigenvalue weighted by Gasteiger charge is 2.38.